The van der Waals surface area contributed by atoms with E-state index in [-0.39, 0.29) is 17.9 Å². The minimum atomic E-state index is -0.273. The minimum Gasteiger partial charge on any atom is -0.361 e. The van der Waals surface area contributed by atoms with Crippen molar-refractivity contribution in [2.24, 2.45) is 5.10 Å². The second-order valence-electron chi connectivity index (χ2n) is 7.03. The molecule has 6 nitrogen and oxygen atoms in total. The molecular weight excluding hydrogens is 376 g/mol. The number of pyridine rings is 1. The van der Waals surface area contributed by atoms with Gasteiger partial charge < -0.3 is 9.55 Å². The number of amides is 1. The third-order valence-electron chi connectivity index (χ3n) is 5.19. The Bertz CT molecular complexity index is 1430. The Labute approximate surface area is 171 Å². The quantitative estimate of drug-likeness (QED) is 0.276. The number of hydrazone groups is 1. The number of para-hydroxylation sites is 3. The Kier molecular flexibility index (Phi) is 4.37. The number of aromatic nitrogens is 2. The number of benzene rings is 3. The lowest BCUT2D eigenvalue weighted by atomic mass is 10.1. The molecule has 0 aliphatic rings. The van der Waals surface area contributed by atoms with Crippen LogP contribution in [0.4, 0.5) is 0 Å². The summed E-state index contributed by atoms with van der Waals surface area (Å²) in [5.74, 6) is -0.273. The molecule has 30 heavy (non-hydrogen) atoms. The number of carbonyl (C=O) groups is 1. The van der Waals surface area contributed by atoms with Gasteiger partial charge in [0, 0.05) is 33.4 Å². The second kappa shape index (κ2) is 7.33. The van der Waals surface area contributed by atoms with Crippen molar-refractivity contribution in [2.45, 2.75) is 6.54 Å². The molecule has 0 aliphatic carbocycles. The summed E-state index contributed by atoms with van der Waals surface area (Å²) in [5.41, 5.74) is 5.91. The van der Waals surface area contributed by atoms with Crippen molar-refractivity contribution in [3.05, 3.63) is 94.8 Å². The zero-order valence-corrected chi connectivity index (χ0v) is 16.0. The zero-order chi connectivity index (χ0) is 20.5. The molecule has 0 aliphatic heterocycles. The lowest BCUT2D eigenvalue weighted by Gasteiger charge is -2.14. The van der Waals surface area contributed by atoms with Crippen LogP contribution in [0.1, 0.15) is 5.56 Å². The van der Waals surface area contributed by atoms with E-state index >= 15 is 0 Å². The molecule has 6 heteroatoms. The van der Waals surface area contributed by atoms with Crippen molar-refractivity contribution < 1.29 is 4.79 Å². The summed E-state index contributed by atoms with van der Waals surface area (Å²) < 4.78 is 1.85. The fraction of sp³-hybridized carbons (Fsp3) is 0.0417. The van der Waals surface area contributed by atoms with E-state index < -0.39 is 0 Å². The predicted molar refractivity (Wildman–Crippen MR) is 120 cm³/mol. The maximum absolute atomic E-state index is 12.8. The van der Waals surface area contributed by atoms with Crippen LogP contribution in [0, 0.1) is 0 Å². The smallest absolute Gasteiger partial charge is 0.260 e. The maximum atomic E-state index is 12.8. The van der Waals surface area contributed by atoms with Crippen molar-refractivity contribution in [1.29, 1.82) is 0 Å². The molecule has 0 radical (unpaired) electrons. The van der Waals surface area contributed by atoms with Gasteiger partial charge in [-0.25, -0.2) is 5.43 Å². The Morgan fingerprint density at radius 1 is 0.900 bits per heavy atom. The van der Waals surface area contributed by atoms with Crippen LogP contribution in [0.15, 0.2) is 88.9 Å². The van der Waals surface area contributed by atoms with Crippen LogP contribution >= 0.6 is 0 Å². The number of hydrogen-bond acceptors (Lipinski definition) is 3. The number of nitrogens with zero attached hydrogens (tertiary/aromatic N) is 2. The summed E-state index contributed by atoms with van der Waals surface area (Å²) in [5, 5.41) is 6.33. The predicted octanol–water partition coefficient (Wildman–Crippen LogP) is 3.79. The van der Waals surface area contributed by atoms with Crippen molar-refractivity contribution in [2.75, 3.05) is 0 Å². The van der Waals surface area contributed by atoms with Gasteiger partial charge in [0.15, 0.2) is 5.43 Å². The van der Waals surface area contributed by atoms with E-state index in [1.54, 1.807) is 18.3 Å². The van der Waals surface area contributed by atoms with Crippen LogP contribution in [0.2, 0.25) is 0 Å². The molecule has 0 fully saturated rings. The number of H-pyrrole nitrogens is 1. The highest BCUT2D eigenvalue weighted by molar-refractivity contribution is 5.99. The van der Waals surface area contributed by atoms with Gasteiger partial charge in [0.1, 0.15) is 6.54 Å². The molecule has 0 spiro atoms. The maximum Gasteiger partial charge on any atom is 0.260 e. The van der Waals surface area contributed by atoms with Crippen LogP contribution in [0.25, 0.3) is 32.7 Å². The molecule has 0 bridgehead atoms. The summed E-state index contributed by atoms with van der Waals surface area (Å²) >= 11 is 0. The van der Waals surface area contributed by atoms with Gasteiger partial charge in [0.25, 0.3) is 5.91 Å². The molecule has 1 amide bonds. The summed E-state index contributed by atoms with van der Waals surface area (Å²) in [7, 11) is 0. The summed E-state index contributed by atoms with van der Waals surface area (Å²) in [4.78, 5) is 28.6. The van der Waals surface area contributed by atoms with Crippen molar-refractivity contribution >= 4 is 44.8 Å². The summed E-state index contributed by atoms with van der Waals surface area (Å²) in [6.07, 6.45) is 3.47. The van der Waals surface area contributed by atoms with E-state index in [1.165, 1.54) is 0 Å². The van der Waals surface area contributed by atoms with E-state index in [1.807, 2.05) is 71.4 Å². The molecule has 2 heterocycles. The molecule has 3 aromatic carbocycles. The van der Waals surface area contributed by atoms with Crippen molar-refractivity contribution in [3.8, 4) is 0 Å². The number of fused-ring (bicyclic) bond motifs is 3. The number of hydrogen-bond donors (Lipinski definition) is 2. The van der Waals surface area contributed by atoms with Crippen LogP contribution < -0.4 is 10.9 Å². The number of nitrogens with one attached hydrogen (secondary N) is 2. The van der Waals surface area contributed by atoms with Gasteiger partial charge in [-0.15, -0.1) is 0 Å². The molecule has 5 aromatic rings. The van der Waals surface area contributed by atoms with E-state index in [0.717, 1.165) is 27.5 Å². The van der Waals surface area contributed by atoms with E-state index in [4.69, 9.17) is 0 Å². The molecule has 0 unspecified atom stereocenters. The number of rotatable bonds is 4. The van der Waals surface area contributed by atoms with Crippen LogP contribution in [0.3, 0.4) is 0 Å². The molecule has 0 saturated heterocycles. The molecule has 2 aromatic heterocycles. The van der Waals surface area contributed by atoms with Crippen LogP contribution in [0.5, 0.6) is 0 Å². The van der Waals surface area contributed by atoms with E-state index in [0.29, 0.717) is 10.8 Å². The fourth-order valence-corrected chi connectivity index (χ4v) is 3.80. The Hall–Kier alpha value is -4.19. The highest BCUT2D eigenvalue weighted by Crippen LogP contribution is 2.19. The lowest BCUT2D eigenvalue weighted by Crippen LogP contribution is -2.25. The highest BCUT2D eigenvalue weighted by Gasteiger charge is 2.12. The van der Waals surface area contributed by atoms with Gasteiger partial charge >= 0.3 is 0 Å². The van der Waals surface area contributed by atoms with Gasteiger partial charge in [-0.05, 0) is 30.3 Å². The van der Waals surface area contributed by atoms with Gasteiger partial charge in [-0.3, -0.25) is 9.59 Å². The SMILES string of the molecule is O=C(Cn1c2ccccc2c(=O)c2ccccc21)NN=Cc1c[nH]c2ccccc12. The minimum absolute atomic E-state index is 0.0322. The molecule has 5 rings (SSSR count). The standard InChI is InChI=1S/C24H18N4O2/c29-23(27-26-14-16-13-25-20-10-4-1-7-17(16)20)15-28-21-11-5-2-8-18(21)24(30)19-9-3-6-12-22(19)28/h1-14,25H,15H2,(H,27,29). The summed E-state index contributed by atoms with van der Waals surface area (Å²) in [6, 6.07) is 22.5. The van der Waals surface area contributed by atoms with Gasteiger partial charge in [0.05, 0.1) is 17.2 Å². The molecule has 2 N–H and O–H groups in total. The molecule has 0 atom stereocenters. The van der Waals surface area contributed by atoms with Gasteiger partial charge in [0.2, 0.25) is 0 Å². The summed E-state index contributed by atoms with van der Waals surface area (Å²) in [6.45, 7) is 0.0481. The first kappa shape index (κ1) is 17.9. The molecule has 0 saturated carbocycles. The first-order chi connectivity index (χ1) is 14.7. The third kappa shape index (κ3) is 3.04. The van der Waals surface area contributed by atoms with Gasteiger partial charge in [-0.2, -0.15) is 5.10 Å². The van der Waals surface area contributed by atoms with E-state index in [9.17, 15) is 9.59 Å². The topological polar surface area (TPSA) is 79.2 Å². The van der Waals surface area contributed by atoms with Gasteiger partial charge in [-0.1, -0.05) is 42.5 Å². The number of carbonyl (C=O) groups excluding carboxylic acids is 1. The molecule has 146 valence electrons. The average Bonchev–Trinajstić information content (AvgIpc) is 3.20. The Balaban J connectivity index is 1.46. The first-order valence-electron chi connectivity index (χ1n) is 9.61. The Morgan fingerprint density at radius 3 is 2.20 bits per heavy atom. The van der Waals surface area contributed by atoms with E-state index in [2.05, 4.69) is 15.5 Å². The normalized spacial score (nSPS) is 11.6. The fourth-order valence-electron chi connectivity index (χ4n) is 3.80. The van der Waals surface area contributed by atoms with Crippen molar-refractivity contribution in [1.82, 2.24) is 15.0 Å². The number of aromatic amines is 1. The largest absolute Gasteiger partial charge is 0.361 e. The van der Waals surface area contributed by atoms with Crippen LogP contribution in [-0.2, 0) is 11.3 Å². The van der Waals surface area contributed by atoms with Crippen molar-refractivity contribution in [3.63, 3.8) is 0 Å². The highest BCUT2D eigenvalue weighted by atomic mass is 16.2. The monoisotopic (exact) mass is 394 g/mol. The molecular formula is C24H18N4O2. The first-order valence-corrected chi connectivity index (χ1v) is 9.61. The lowest BCUT2D eigenvalue weighted by molar-refractivity contribution is -0.121. The average molecular weight is 394 g/mol. The zero-order valence-electron chi connectivity index (χ0n) is 16.0. The third-order valence-corrected chi connectivity index (χ3v) is 5.19. The Morgan fingerprint density at radius 2 is 1.50 bits per heavy atom. The van der Waals surface area contributed by atoms with Crippen LogP contribution in [-0.4, -0.2) is 21.7 Å². The second-order valence-corrected chi connectivity index (χ2v) is 7.03.